The van der Waals surface area contributed by atoms with Gasteiger partial charge < -0.3 is 15.2 Å². The Labute approximate surface area is 134 Å². The predicted octanol–water partition coefficient (Wildman–Crippen LogP) is 0.668. The lowest BCUT2D eigenvalue weighted by Crippen LogP contribution is -2.44. The Morgan fingerprint density at radius 1 is 1.30 bits per heavy atom. The molecule has 0 spiro atoms. The molecule has 1 unspecified atom stereocenters. The Kier molecular flexibility index (Phi) is 6.98. The zero-order valence-electron chi connectivity index (χ0n) is 12.9. The number of aliphatic carboxylic acids is 1. The Morgan fingerprint density at radius 2 is 1.96 bits per heavy atom. The minimum Gasteiger partial charge on any atom is -0.480 e. The standard InChI is InChI=1S/C14H20N2O6S/c1-3-8-23(20,21)16-11-7-5-4-6-10(11)13(17)15-12(9-22-2)14(18)19/h4-7,12,16H,3,8-9H2,1-2H3,(H,15,17)(H,18,19). The fourth-order valence-corrected chi connectivity index (χ4v) is 2.99. The van der Waals surface area contributed by atoms with Crippen LogP contribution in [0.2, 0.25) is 0 Å². The average Bonchev–Trinajstić information content (AvgIpc) is 2.46. The van der Waals surface area contributed by atoms with Crippen LogP contribution in [0.3, 0.4) is 0 Å². The summed E-state index contributed by atoms with van der Waals surface area (Å²) in [6, 6.07) is 4.75. The van der Waals surface area contributed by atoms with E-state index in [4.69, 9.17) is 9.84 Å². The number of rotatable bonds is 9. The van der Waals surface area contributed by atoms with Crippen LogP contribution < -0.4 is 10.0 Å². The number of carboxylic acids is 1. The number of anilines is 1. The molecule has 1 atom stereocenters. The van der Waals surface area contributed by atoms with Crippen LogP contribution in [0.15, 0.2) is 24.3 Å². The molecule has 1 aromatic carbocycles. The maximum Gasteiger partial charge on any atom is 0.328 e. The van der Waals surface area contributed by atoms with Crippen molar-refractivity contribution in [1.29, 1.82) is 0 Å². The number of ether oxygens (including phenoxy) is 1. The summed E-state index contributed by atoms with van der Waals surface area (Å²) in [4.78, 5) is 23.3. The number of amides is 1. The van der Waals surface area contributed by atoms with Crippen LogP contribution >= 0.6 is 0 Å². The van der Waals surface area contributed by atoms with Gasteiger partial charge in [0.15, 0.2) is 6.04 Å². The van der Waals surface area contributed by atoms with E-state index in [1.54, 1.807) is 19.1 Å². The molecule has 8 nitrogen and oxygen atoms in total. The molecular formula is C14H20N2O6S. The number of sulfonamides is 1. The Balaban J connectivity index is 3.00. The van der Waals surface area contributed by atoms with Crippen LogP contribution in [0, 0.1) is 0 Å². The maximum absolute atomic E-state index is 12.2. The van der Waals surface area contributed by atoms with E-state index in [0.717, 1.165) is 0 Å². The zero-order chi connectivity index (χ0) is 17.5. The SMILES string of the molecule is CCCS(=O)(=O)Nc1ccccc1C(=O)NC(COC)C(=O)O. The van der Waals surface area contributed by atoms with Gasteiger partial charge in [0.05, 0.1) is 23.6 Å². The molecule has 0 aliphatic rings. The number of methoxy groups -OCH3 is 1. The number of nitrogens with one attached hydrogen (secondary N) is 2. The van der Waals surface area contributed by atoms with E-state index in [9.17, 15) is 18.0 Å². The summed E-state index contributed by atoms with van der Waals surface area (Å²) in [5, 5.41) is 11.3. The molecule has 128 valence electrons. The van der Waals surface area contributed by atoms with Crippen molar-refractivity contribution in [3.63, 3.8) is 0 Å². The summed E-state index contributed by atoms with van der Waals surface area (Å²) in [6.07, 6.45) is 0.429. The third-order valence-electron chi connectivity index (χ3n) is 2.85. The molecule has 23 heavy (non-hydrogen) atoms. The summed E-state index contributed by atoms with van der Waals surface area (Å²) < 4.78 is 30.8. The lowest BCUT2D eigenvalue weighted by atomic mass is 10.1. The first-order valence-electron chi connectivity index (χ1n) is 6.92. The van der Waals surface area contributed by atoms with Crippen molar-refractivity contribution in [1.82, 2.24) is 5.32 Å². The number of hydrogen-bond donors (Lipinski definition) is 3. The Morgan fingerprint density at radius 3 is 2.52 bits per heavy atom. The van der Waals surface area contributed by atoms with Gasteiger partial charge in [0.2, 0.25) is 10.0 Å². The van der Waals surface area contributed by atoms with Crippen molar-refractivity contribution in [2.24, 2.45) is 0 Å². The molecule has 1 aromatic rings. The van der Waals surface area contributed by atoms with Crippen molar-refractivity contribution >= 4 is 27.6 Å². The number of carbonyl (C=O) groups is 2. The molecule has 0 saturated heterocycles. The second kappa shape index (κ2) is 8.49. The minimum atomic E-state index is -3.57. The van der Waals surface area contributed by atoms with Crippen molar-refractivity contribution < 1.29 is 27.9 Å². The highest BCUT2D eigenvalue weighted by Gasteiger charge is 2.22. The van der Waals surface area contributed by atoms with Crippen LogP contribution in [-0.4, -0.2) is 50.9 Å². The van der Waals surface area contributed by atoms with Gasteiger partial charge in [-0.1, -0.05) is 19.1 Å². The quantitative estimate of drug-likeness (QED) is 0.605. The molecule has 0 aliphatic carbocycles. The third kappa shape index (κ3) is 5.87. The second-order valence-corrected chi connectivity index (χ2v) is 6.63. The van der Waals surface area contributed by atoms with Crippen LogP contribution in [0.5, 0.6) is 0 Å². The van der Waals surface area contributed by atoms with Gasteiger partial charge in [0, 0.05) is 7.11 Å². The van der Waals surface area contributed by atoms with Crippen LogP contribution in [0.1, 0.15) is 23.7 Å². The highest BCUT2D eigenvalue weighted by atomic mass is 32.2. The minimum absolute atomic E-state index is 0.0366. The molecular weight excluding hydrogens is 324 g/mol. The first-order valence-corrected chi connectivity index (χ1v) is 8.58. The zero-order valence-corrected chi connectivity index (χ0v) is 13.7. The van der Waals surface area contributed by atoms with Crippen molar-refractivity contribution in [3.8, 4) is 0 Å². The number of para-hydroxylation sites is 1. The number of benzene rings is 1. The first kappa shape index (κ1) is 18.9. The van der Waals surface area contributed by atoms with Gasteiger partial charge in [-0.2, -0.15) is 0 Å². The summed E-state index contributed by atoms with van der Waals surface area (Å²) in [6.45, 7) is 1.52. The molecule has 1 rings (SSSR count). The largest absolute Gasteiger partial charge is 0.480 e. The molecule has 0 radical (unpaired) electrons. The van der Waals surface area contributed by atoms with Crippen molar-refractivity contribution in [3.05, 3.63) is 29.8 Å². The molecule has 0 fully saturated rings. The van der Waals surface area contributed by atoms with Crippen molar-refractivity contribution in [2.45, 2.75) is 19.4 Å². The van der Waals surface area contributed by atoms with E-state index < -0.39 is 27.9 Å². The molecule has 0 heterocycles. The van der Waals surface area contributed by atoms with E-state index in [2.05, 4.69) is 10.0 Å². The molecule has 0 bridgehead atoms. The van der Waals surface area contributed by atoms with Gasteiger partial charge in [0.1, 0.15) is 0 Å². The summed E-state index contributed by atoms with van der Waals surface area (Å²) in [5.41, 5.74) is 0.134. The predicted molar refractivity (Wildman–Crippen MR) is 84.9 cm³/mol. The Bertz CT molecular complexity index is 659. The molecule has 1 amide bonds. The average molecular weight is 344 g/mol. The smallest absolute Gasteiger partial charge is 0.328 e. The van der Waals surface area contributed by atoms with E-state index in [-0.39, 0.29) is 23.6 Å². The number of carbonyl (C=O) groups excluding carboxylic acids is 1. The van der Waals surface area contributed by atoms with Gasteiger partial charge in [-0.05, 0) is 18.6 Å². The topological polar surface area (TPSA) is 122 Å². The van der Waals surface area contributed by atoms with Gasteiger partial charge in [-0.3, -0.25) is 9.52 Å². The molecule has 0 saturated carbocycles. The third-order valence-corrected chi connectivity index (χ3v) is 4.32. The van der Waals surface area contributed by atoms with Gasteiger partial charge in [-0.15, -0.1) is 0 Å². The molecule has 3 N–H and O–H groups in total. The number of carboxylic acid groups (broad SMARTS) is 1. The normalized spacial score (nSPS) is 12.4. The first-order chi connectivity index (χ1) is 10.8. The van der Waals surface area contributed by atoms with Crippen LogP contribution in [0.25, 0.3) is 0 Å². The number of hydrogen-bond acceptors (Lipinski definition) is 5. The van der Waals surface area contributed by atoms with Crippen molar-refractivity contribution in [2.75, 3.05) is 24.2 Å². The summed E-state index contributed by atoms with van der Waals surface area (Å²) >= 11 is 0. The van der Waals surface area contributed by atoms with E-state index in [0.29, 0.717) is 6.42 Å². The molecule has 0 aliphatic heterocycles. The van der Waals surface area contributed by atoms with Crippen LogP contribution in [-0.2, 0) is 19.6 Å². The fourth-order valence-electron chi connectivity index (χ4n) is 1.83. The highest BCUT2D eigenvalue weighted by Crippen LogP contribution is 2.17. The van der Waals surface area contributed by atoms with E-state index in [1.807, 2.05) is 0 Å². The summed E-state index contributed by atoms with van der Waals surface area (Å²) in [7, 11) is -2.25. The van der Waals surface area contributed by atoms with Gasteiger partial charge >= 0.3 is 5.97 Å². The molecule has 0 aromatic heterocycles. The van der Waals surface area contributed by atoms with Gasteiger partial charge in [-0.25, -0.2) is 13.2 Å². The lowest BCUT2D eigenvalue weighted by molar-refractivity contribution is -0.140. The maximum atomic E-state index is 12.2. The van der Waals surface area contributed by atoms with E-state index in [1.165, 1.54) is 19.2 Å². The highest BCUT2D eigenvalue weighted by molar-refractivity contribution is 7.92. The van der Waals surface area contributed by atoms with Crippen LogP contribution in [0.4, 0.5) is 5.69 Å². The lowest BCUT2D eigenvalue weighted by Gasteiger charge is -2.16. The summed E-state index contributed by atoms with van der Waals surface area (Å²) in [5.74, 6) is -2.03. The monoisotopic (exact) mass is 344 g/mol. The van der Waals surface area contributed by atoms with E-state index >= 15 is 0 Å². The second-order valence-electron chi connectivity index (χ2n) is 4.79. The fraction of sp³-hybridized carbons (Fsp3) is 0.429. The Hall–Kier alpha value is -2.13. The van der Waals surface area contributed by atoms with Gasteiger partial charge in [0.25, 0.3) is 5.91 Å². The molecule has 9 heteroatoms.